The SMILES string of the molecule is CSCCC(NC(=O)C(CCC(N)=O)NC(=O)C(N)Cc1c[nH]c2ccccc12)C(=O)NC(Cc1ccc(O)cc1)C(=O)O. The van der Waals surface area contributed by atoms with Crippen LogP contribution in [-0.2, 0) is 36.8 Å². The molecule has 14 heteroatoms. The van der Waals surface area contributed by atoms with Crippen LogP contribution in [0.25, 0.3) is 10.9 Å². The normalized spacial score (nSPS) is 13.8. The molecule has 2 aromatic carbocycles. The quantitative estimate of drug-likeness (QED) is 0.104. The van der Waals surface area contributed by atoms with E-state index in [0.29, 0.717) is 11.3 Å². The number of benzene rings is 2. The Morgan fingerprint density at radius 1 is 0.864 bits per heavy atom. The highest BCUT2D eigenvalue weighted by Crippen LogP contribution is 2.19. The average Bonchev–Trinajstić information content (AvgIpc) is 3.40. The van der Waals surface area contributed by atoms with Crippen LogP contribution in [0.15, 0.2) is 54.7 Å². The molecule has 0 fully saturated rings. The van der Waals surface area contributed by atoms with Crippen LogP contribution < -0.4 is 27.4 Å². The molecule has 0 bridgehead atoms. The summed E-state index contributed by atoms with van der Waals surface area (Å²) in [5.74, 6) is -3.60. The highest BCUT2D eigenvalue weighted by atomic mass is 32.2. The average molecular weight is 627 g/mol. The standard InChI is InChI=1S/C30H38N6O7S/c1-44-13-12-24(29(41)36-25(30(42)43)14-17-6-8-19(37)9-7-17)35-28(40)23(10-11-26(32)38)34-27(39)21(31)15-18-16-33-22-5-3-2-4-20(18)22/h2-9,16,21,23-25,33,37H,10-15,31H2,1H3,(H2,32,38)(H,34,39)(H,35,40)(H,36,41)(H,42,43). The number of amides is 4. The number of carbonyl (C=O) groups is 5. The number of para-hydroxylation sites is 1. The summed E-state index contributed by atoms with van der Waals surface area (Å²) >= 11 is 1.42. The molecule has 0 aliphatic rings. The topological polar surface area (TPSA) is 230 Å². The third-order valence-corrected chi connectivity index (χ3v) is 7.64. The van der Waals surface area contributed by atoms with Gasteiger partial charge in [0.05, 0.1) is 6.04 Å². The monoisotopic (exact) mass is 626 g/mol. The summed E-state index contributed by atoms with van der Waals surface area (Å²) in [5, 5.41) is 27.8. The van der Waals surface area contributed by atoms with Gasteiger partial charge in [-0.2, -0.15) is 11.8 Å². The van der Waals surface area contributed by atoms with Gasteiger partial charge in [-0.05, 0) is 60.6 Å². The van der Waals surface area contributed by atoms with E-state index in [-0.39, 0.29) is 37.9 Å². The number of fused-ring (bicyclic) bond motifs is 1. The van der Waals surface area contributed by atoms with E-state index in [4.69, 9.17) is 11.5 Å². The number of rotatable bonds is 17. The molecule has 1 aromatic heterocycles. The number of aromatic nitrogens is 1. The van der Waals surface area contributed by atoms with Crippen molar-refractivity contribution in [2.24, 2.45) is 11.5 Å². The maximum absolute atomic E-state index is 13.4. The first kappa shape index (κ1) is 33.9. The summed E-state index contributed by atoms with van der Waals surface area (Å²) in [4.78, 5) is 66.2. The molecule has 3 rings (SSSR count). The van der Waals surface area contributed by atoms with E-state index in [0.717, 1.165) is 16.5 Å². The molecular formula is C30H38N6O7S. The summed E-state index contributed by atoms with van der Waals surface area (Å²) in [6, 6.07) is 8.73. The van der Waals surface area contributed by atoms with E-state index in [1.807, 2.05) is 30.5 Å². The summed E-state index contributed by atoms with van der Waals surface area (Å²) in [7, 11) is 0. The first-order chi connectivity index (χ1) is 21.0. The third-order valence-electron chi connectivity index (χ3n) is 7.00. The fourth-order valence-electron chi connectivity index (χ4n) is 4.58. The van der Waals surface area contributed by atoms with Gasteiger partial charge in [0.25, 0.3) is 0 Å². The van der Waals surface area contributed by atoms with Gasteiger partial charge in [0.2, 0.25) is 23.6 Å². The number of aromatic hydroxyl groups is 1. The number of carboxylic acid groups (broad SMARTS) is 1. The van der Waals surface area contributed by atoms with Crippen molar-refractivity contribution in [3.63, 3.8) is 0 Å². The predicted octanol–water partition coefficient (Wildman–Crippen LogP) is 0.544. The number of thioether (sulfide) groups is 1. The lowest BCUT2D eigenvalue weighted by Gasteiger charge is -2.25. The van der Waals surface area contributed by atoms with Crippen LogP contribution in [0.4, 0.5) is 0 Å². The lowest BCUT2D eigenvalue weighted by atomic mass is 10.0. The minimum atomic E-state index is -1.31. The zero-order chi connectivity index (χ0) is 32.2. The van der Waals surface area contributed by atoms with Crippen LogP contribution in [0.1, 0.15) is 30.4 Å². The lowest BCUT2D eigenvalue weighted by Crippen LogP contribution is -2.57. The molecule has 10 N–H and O–H groups in total. The van der Waals surface area contributed by atoms with Crippen molar-refractivity contribution in [3.05, 3.63) is 65.9 Å². The molecule has 44 heavy (non-hydrogen) atoms. The number of nitrogens with one attached hydrogen (secondary N) is 4. The number of carbonyl (C=O) groups excluding carboxylic acids is 4. The first-order valence-corrected chi connectivity index (χ1v) is 15.4. The predicted molar refractivity (Wildman–Crippen MR) is 167 cm³/mol. The Kier molecular flexibility index (Phi) is 12.6. The summed E-state index contributed by atoms with van der Waals surface area (Å²) in [5.41, 5.74) is 13.8. The molecule has 236 valence electrons. The fraction of sp³-hybridized carbons (Fsp3) is 0.367. The van der Waals surface area contributed by atoms with Gasteiger partial charge in [0.15, 0.2) is 0 Å². The molecule has 0 spiro atoms. The molecule has 0 aliphatic heterocycles. The van der Waals surface area contributed by atoms with Gasteiger partial charge in [0.1, 0.15) is 23.9 Å². The highest BCUT2D eigenvalue weighted by molar-refractivity contribution is 7.98. The number of phenolic OH excluding ortho intramolecular Hbond substituents is 1. The minimum Gasteiger partial charge on any atom is -0.508 e. The van der Waals surface area contributed by atoms with Gasteiger partial charge in [-0.25, -0.2) is 4.79 Å². The molecule has 0 aliphatic carbocycles. The Bertz CT molecular complexity index is 1460. The van der Waals surface area contributed by atoms with E-state index < -0.39 is 53.8 Å². The van der Waals surface area contributed by atoms with Gasteiger partial charge in [-0.15, -0.1) is 0 Å². The number of aromatic amines is 1. The maximum Gasteiger partial charge on any atom is 0.326 e. The number of primary amides is 1. The number of H-pyrrole nitrogens is 1. The van der Waals surface area contributed by atoms with Crippen molar-refractivity contribution in [2.45, 2.75) is 56.3 Å². The number of phenols is 1. The largest absolute Gasteiger partial charge is 0.508 e. The van der Waals surface area contributed by atoms with Crippen LogP contribution in [0, 0.1) is 0 Å². The molecular weight excluding hydrogens is 588 g/mol. The molecule has 0 saturated heterocycles. The number of carboxylic acids is 1. The Morgan fingerprint density at radius 3 is 2.11 bits per heavy atom. The van der Waals surface area contributed by atoms with E-state index in [2.05, 4.69) is 20.9 Å². The molecule has 4 unspecified atom stereocenters. The third kappa shape index (κ3) is 10.0. The van der Waals surface area contributed by atoms with Gasteiger partial charge in [-0.1, -0.05) is 30.3 Å². The van der Waals surface area contributed by atoms with Crippen molar-refractivity contribution in [1.82, 2.24) is 20.9 Å². The fourth-order valence-corrected chi connectivity index (χ4v) is 5.05. The van der Waals surface area contributed by atoms with Crippen molar-refractivity contribution in [3.8, 4) is 5.75 Å². The van der Waals surface area contributed by atoms with Gasteiger partial charge in [-0.3, -0.25) is 19.2 Å². The number of hydrogen-bond donors (Lipinski definition) is 8. The van der Waals surface area contributed by atoms with Crippen molar-refractivity contribution in [2.75, 3.05) is 12.0 Å². The van der Waals surface area contributed by atoms with Crippen molar-refractivity contribution in [1.29, 1.82) is 0 Å². The molecule has 3 aromatic rings. The van der Waals surface area contributed by atoms with Crippen LogP contribution in [0.3, 0.4) is 0 Å². The second kappa shape index (κ2) is 16.3. The number of nitrogens with two attached hydrogens (primary N) is 2. The van der Waals surface area contributed by atoms with E-state index >= 15 is 0 Å². The number of hydrogen-bond acceptors (Lipinski definition) is 8. The molecule has 4 atom stereocenters. The van der Waals surface area contributed by atoms with Crippen LogP contribution in [0.5, 0.6) is 5.75 Å². The Morgan fingerprint density at radius 2 is 1.48 bits per heavy atom. The molecule has 0 saturated carbocycles. The van der Waals surface area contributed by atoms with Crippen LogP contribution in [-0.4, -0.2) is 81.0 Å². The van der Waals surface area contributed by atoms with Gasteiger partial charge in [0, 0.05) is 29.9 Å². The summed E-state index contributed by atoms with van der Waals surface area (Å²) < 4.78 is 0. The smallest absolute Gasteiger partial charge is 0.326 e. The molecule has 0 radical (unpaired) electrons. The Balaban J connectivity index is 1.70. The second-order valence-corrected chi connectivity index (χ2v) is 11.3. The Labute approximate surface area is 258 Å². The van der Waals surface area contributed by atoms with Crippen molar-refractivity contribution < 1.29 is 34.2 Å². The Hall–Kier alpha value is -4.56. The minimum absolute atomic E-state index is 0.0152. The van der Waals surface area contributed by atoms with Crippen LogP contribution >= 0.6 is 11.8 Å². The maximum atomic E-state index is 13.4. The van der Waals surface area contributed by atoms with Gasteiger partial charge >= 0.3 is 5.97 Å². The number of aliphatic carboxylic acids is 1. The van der Waals surface area contributed by atoms with Crippen LogP contribution in [0.2, 0.25) is 0 Å². The lowest BCUT2D eigenvalue weighted by molar-refractivity contribution is -0.142. The highest BCUT2D eigenvalue weighted by Gasteiger charge is 2.30. The zero-order valence-electron chi connectivity index (χ0n) is 24.2. The summed E-state index contributed by atoms with van der Waals surface area (Å²) in [6.45, 7) is 0. The second-order valence-electron chi connectivity index (χ2n) is 10.3. The zero-order valence-corrected chi connectivity index (χ0v) is 25.1. The van der Waals surface area contributed by atoms with E-state index in [9.17, 15) is 34.2 Å². The van der Waals surface area contributed by atoms with Gasteiger partial charge < -0.3 is 42.6 Å². The molecule has 13 nitrogen and oxygen atoms in total. The van der Waals surface area contributed by atoms with Crippen molar-refractivity contribution >= 4 is 52.3 Å². The summed E-state index contributed by atoms with van der Waals surface area (Å²) in [6.07, 6.45) is 3.50. The van der Waals surface area contributed by atoms with E-state index in [1.165, 1.54) is 23.9 Å². The molecule has 1 heterocycles. The van der Waals surface area contributed by atoms with E-state index in [1.54, 1.807) is 18.3 Å². The molecule has 4 amide bonds. The first-order valence-electron chi connectivity index (χ1n) is 14.0.